The van der Waals surface area contributed by atoms with Gasteiger partial charge < -0.3 is 14.6 Å². The van der Waals surface area contributed by atoms with Crippen molar-refractivity contribution in [2.75, 3.05) is 27.4 Å². The Balaban J connectivity index is 2.08. The number of nitrogens with zero attached hydrogens (tertiary/aromatic N) is 1. The number of phenols is 1. The Morgan fingerprint density at radius 2 is 2.00 bits per heavy atom. The van der Waals surface area contributed by atoms with E-state index >= 15 is 0 Å². The van der Waals surface area contributed by atoms with Gasteiger partial charge in [0.2, 0.25) is 0 Å². The number of hydrogen-bond acceptors (Lipinski definition) is 5. The van der Waals surface area contributed by atoms with Crippen molar-refractivity contribution < 1.29 is 14.6 Å². The van der Waals surface area contributed by atoms with Gasteiger partial charge in [-0.05, 0) is 41.6 Å². The molecule has 0 aliphatic heterocycles. The fraction of sp³-hybridized carbons (Fsp3) is 0.412. The average molecular weight is 321 g/mol. The minimum atomic E-state index is 0.180. The highest BCUT2D eigenvalue weighted by Crippen LogP contribution is 2.27. The molecule has 0 unspecified atom stereocenters. The molecule has 0 amide bonds. The van der Waals surface area contributed by atoms with E-state index in [2.05, 4.69) is 23.3 Å². The van der Waals surface area contributed by atoms with Crippen molar-refractivity contribution >= 4 is 11.3 Å². The number of ether oxygens (including phenoxy) is 2. The van der Waals surface area contributed by atoms with Gasteiger partial charge in [0, 0.05) is 31.6 Å². The Hall–Kier alpha value is -1.56. The van der Waals surface area contributed by atoms with Crippen molar-refractivity contribution in [2.45, 2.75) is 20.0 Å². The molecule has 0 fully saturated rings. The number of aromatic hydroxyl groups is 1. The molecule has 1 heterocycles. The summed E-state index contributed by atoms with van der Waals surface area (Å²) in [5.41, 5.74) is 2.38. The number of phenolic OH excluding ortho intramolecular Hbond substituents is 1. The highest BCUT2D eigenvalue weighted by molar-refractivity contribution is 7.10. The lowest BCUT2D eigenvalue weighted by Gasteiger charge is -2.22. The van der Waals surface area contributed by atoms with E-state index in [-0.39, 0.29) is 5.75 Å². The van der Waals surface area contributed by atoms with E-state index in [0.717, 1.165) is 25.2 Å². The van der Waals surface area contributed by atoms with Crippen LogP contribution in [0.4, 0.5) is 0 Å². The molecule has 1 aromatic carbocycles. The van der Waals surface area contributed by atoms with Crippen LogP contribution in [0.2, 0.25) is 0 Å². The molecule has 0 bridgehead atoms. The third-order valence-electron chi connectivity index (χ3n) is 3.60. The van der Waals surface area contributed by atoms with Crippen LogP contribution in [0.1, 0.15) is 16.0 Å². The summed E-state index contributed by atoms with van der Waals surface area (Å²) >= 11 is 1.78. The molecule has 120 valence electrons. The van der Waals surface area contributed by atoms with E-state index in [1.165, 1.54) is 10.4 Å². The van der Waals surface area contributed by atoms with Crippen molar-refractivity contribution in [2.24, 2.45) is 0 Å². The molecule has 0 saturated carbocycles. The lowest BCUT2D eigenvalue weighted by atomic mass is 10.1. The predicted octanol–water partition coefficient (Wildman–Crippen LogP) is 3.42. The number of benzene rings is 1. The maximum Gasteiger partial charge on any atom is 0.160 e. The van der Waals surface area contributed by atoms with Gasteiger partial charge in [-0.3, -0.25) is 4.90 Å². The third kappa shape index (κ3) is 4.47. The van der Waals surface area contributed by atoms with Crippen LogP contribution >= 0.6 is 11.3 Å². The van der Waals surface area contributed by atoms with E-state index < -0.39 is 0 Å². The van der Waals surface area contributed by atoms with Gasteiger partial charge in [0.05, 0.1) is 13.7 Å². The lowest BCUT2D eigenvalue weighted by molar-refractivity contribution is 0.140. The first-order valence-corrected chi connectivity index (χ1v) is 8.12. The largest absolute Gasteiger partial charge is 0.504 e. The minimum Gasteiger partial charge on any atom is -0.504 e. The molecule has 2 aromatic rings. The molecule has 5 heteroatoms. The van der Waals surface area contributed by atoms with Gasteiger partial charge in [0.1, 0.15) is 0 Å². The summed E-state index contributed by atoms with van der Waals surface area (Å²) in [5, 5.41) is 12.0. The SMILES string of the molecule is COCCN(Cc1ccc(OC)c(O)c1)Cc1sccc1C. The fourth-order valence-electron chi connectivity index (χ4n) is 2.30. The minimum absolute atomic E-state index is 0.180. The quantitative estimate of drug-likeness (QED) is 0.809. The van der Waals surface area contributed by atoms with Gasteiger partial charge >= 0.3 is 0 Å². The van der Waals surface area contributed by atoms with Crippen molar-refractivity contribution in [3.8, 4) is 11.5 Å². The molecule has 0 spiro atoms. The van der Waals surface area contributed by atoms with Crippen molar-refractivity contribution in [1.29, 1.82) is 0 Å². The molecule has 0 radical (unpaired) electrons. The number of thiophene rings is 1. The molecule has 22 heavy (non-hydrogen) atoms. The Morgan fingerprint density at radius 3 is 2.59 bits per heavy atom. The summed E-state index contributed by atoms with van der Waals surface area (Å²) in [6, 6.07) is 7.70. The van der Waals surface area contributed by atoms with Crippen LogP contribution in [0, 0.1) is 6.92 Å². The highest BCUT2D eigenvalue weighted by Gasteiger charge is 2.11. The van der Waals surface area contributed by atoms with Gasteiger partial charge in [-0.15, -0.1) is 11.3 Å². The van der Waals surface area contributed by atoms with Crippen molar-refractivity contribution in [3.63, 3.8) is 0 Å². The summed E-state index contributed by atoms with van der Waals surface area (Å²) in [6.45, 7) is 5.32. The maximum atomic E-state index is 9.91. The highest BCUT2D eigenvalue weighted by atomic mass is 32.1. The van der Waals surface area contributed by atoms with Crippen LogP contribution in [0.5, 0.6) is 11.5 Å². The van der Waals surface area contributed by atoms with Gasteiger partial charge in [0.25, 0.3) is 0 Å². The first-order valence-electron chi connectivity index (χ1n) is 7.24. The fourth-order valence-corrected chi connectivity index (χ4v) is 3.24. The Morgan fingerprint density at radius 1 is 1.18 bits per heavy atom. The second-order valence-corrected chi connectivity index (χ2v) is 6.24. The van der Waals surface area contributed by atoms with E-state index in [4.69, 9.17) is 9.47 Å². The standard InChI is InChI=1S/C17H23NO3S/c1-13-6-9-22-17(13)12-18(7-8-20-2)11-14-4-5-16(21-3)15(19)10-14/h4-6,9-10,19H,7-8,11-12H2,1-3H3. The van der Waals surface area contributed by atoms with Crippen molar-refractivity contribution in [1.82, 2.24) is 4.90 Å². The molecular weight excluding hydrogens is 298 g/mol. The monoisotopic (exact) mass is 321 g/mol. The van der Waals surface area contributed by atoms with Gasteiger partial charge in [0.15, 0.2) is 11.5 Å². The zero-order valence-corrected chi connectivity index (χ0v) is 14.2. The zero-order valence-electron chi connectivity index (χ0n) is 13.3. The number of aryl methyl sites for hydroxylation is 1. The lowest BCUT2D eigenvalue weighted by Crippen LogP contribution is -2.26. The Bertz CT molecular complexity index is 597. The number of rotatable bonds is 8. The molecule has 1 N–H and O–H groups in total. The van der Waals surface area contributed by atoms with E-state index in [1.54, 1.807) is 37.7 Å². The average Bonchev–Trinajstić information content (AvgIpc) is 2.90. The summed E-state index contributed by atoms with van der Waals surface area (Å²) < 4.78 is 10.3. The summed E-state index contributed by atoms with van der Waals surface area (Å²) in [6.07, 6.45) is 0. The summed E-state index contributed by atoms with van der Waals surface area (Å²) in [5.74, 6) is 0.681. The van der Waals surface area contributed by atoms with E-state index in [1.807, 2.05) is 6.07 Å². The normalized spacial score (nSPS) is 11.1. The zero-order chi connectivity index (χ0) is 15.9. The third-order valence-corrected chi connectivity index (χ3v) is 4.60. The topological polar surface area (TPSA) is 41.9 Å². The molecule has 0 saturated heterocycles. The molecule has 0 aliphatic carbocycles. The summed E-state index contributed by atoms with van der Waals surface area (Å²) in [4.78, 5) is 3.69. The number of methoxy groups -OCH3 is 2. The van der Waals surface area contributed by atoms with Crippen LogP contribution in [-0.4, -0.2) is 37.4 Å². The van der Waals surface area contributed by atoms with Gasteiger partial charge in [-0.2, -0.15) is 0 Å². The molecular formula is C17H23NO3S. The molecule has 0 aliphatic rings. The molecule has 0 atom stereocenters. The first-order chi connectivity index (χ1) is 10.6. The Labute approximate surface area is 135 Å². The summed E-state index contributed by atoms with van der Waals surface area (Å²) in [7, 11) is 3.27. The van der Waals surface area contributed by atoms with E-state index in [0.29, 0.717) is 12.4 Å². The number of hydrogen-bond donors (Lipinski definition) is 1. The van der Waals surface area contributed by atoms with Gasteiger partial charge in [-0.25, -0.2) is 0 Å². The van der Waals surface area contributed by atoms with Crippen LogP contribution in [-0.2, 0) is 17.8 Å². The van der Waals surface area contributed by atoms with Gasteiger partial charge in [-0.1, -0.05) is 6.07 Å². The van der Waals surface area contributed by atoms with Crippen LogP contribution in [0.25, 0.3) is 0 Å². The van der Waals surface area contributed by atoms with Crippen molar-refractivity contribution in [3.05, 3.63) is 45.6 Å². The van der Waals surface area contributed by atoms with Crippen LogP contribution in [0.3, 0.4) is 0 Å². The maximum absolute atomic E-state index is 9.91. The molecule has 4 nitrogen and oxygen atoms in total. The predicted molar refractivity (Wildman–Crippen MR) is 89.7 cm³/mol. The Kier molecular flexibility index (Phi) is 6.24. The second-order valence-electron chi connectivity index (χ2n) is 5.24. The smallest absolute Gasteiger partial charge is 0.160 e. The van der Waals surface area contributed by atoms with E-state index in [9.17, 15) is 5.11 Å². The first kappa shape index (κ1) is 16.8. The molecule has 2 rings (SSSR count). The van der Waals surface area contributed by atoms with Crippen LogP contribution in [0.15, 0.2) is 29.6 Å². The second kappa shape index (κ2) is 8.17. The molecule has 1 aromatic heterocycles. The van der Waals surface area contributed by atoms with Crippen LogP contribution < -0.4 is 4.74 Å².